The number of amides is 1. The predicted molar refractivity (Wildman–Crippen MR) is 96.1 cm³/mol. The molecule has 2 atom stereocenters. The number of hydrogen-bond acceptors (Lipinski definition) is 4. The molecule has 0 aliphatic carbocycles. The van der Waals surface area contributed by atoms with Crippen LogP contribution in [0.25, 0.3) is 0 Å². The van der Waals surface area contributed by atoms with Gasteiger partial charge in [0.2, 0.25) is 5.91 Å². The van der Waals surface area contributed by atoms with E-state index in [-0.39, 0.29) is 17.9 Å². The summed E-state index contributed by atoms with van der Waals surface area (Å²) in [5.74, 6) is 1.26. The highest BCUT2D eigenvalue weighted by molar-refractivity contribution is 7.99. The summed E-state index contributed by atoms with van der Waals surface area (Å²) in [6, 6.07) is 12.4. The molecule has 124 valence electrons. The molecule has 1 amide bonds. The molecular weight excluding hydrogens is 318 g/mol. The molecule has 1 saturated heterocycles. The lowest BCUT2D eigenvalue weighted by Gasteiger charge is -2.39. The third kappa shape index (κ3) is 2.94. The minimum Gasteiger partial charge on any atom is -0.333 e. The zero-order chi connectivity index (χ0) is 16.4. The molecule has 0 spiro atoms. The van der Waals surface area contributed by atoms with Gasteiger partial charge in [-0.25, -0.2) is 0 Å². The average Bonchev–Trinajstić information content (AvgIpc) is 2.68. The molecular formula is C19H21N3OS. The van der Waals surface area contributed by atoms with Crippen molar-refractivity contribution in [3.05, 3.63) is 59.9 Å². The highest BCUT2D eigenvalue weighted by atomic mass is 32.2. The van der Waals surface area contributed by atoms with E-state index in [9.17, 15) is 4.79 Å². The molecule has 0 saturated carbocycles. The number of nitrogens with one attached hydrogen (secondary N) is 1. The maximum atomic E-state index is 13.4. The second-order valence-electron chi connectivity index (χ2n) is 6.27. The number of thioether (sulfide) groups is 1. The zero-order valence-corrected chi connectivity index (χ0v) is 14.3. The van der Waals surface area contributed by atoms with E-state index in [1.165, 1.54) is 10.5 Å². The molecule has 1 fully saturated rings. The maximum absolute atomic E-state index is 13.4. The van der Waals surface area contributed by atoms with Crippen LogP contribution in [0.5, 0.6) is 0 Å². The Labute approximate surface area is 146 Å². The van der Waals surface area contributed by atoms with Crippen molar-refractivity contribution < 1.29 is 4.79 Å². The van der Waals surface area contributed by atoms with Crippen molar-refractivity contribution in [2.45, 2.75) is 23.3 Å². The van der Waals surface area contributed by atoms with Crippen LogP contribution in [0.4, 0.5) is 0 Å². The molecule has 2 unspecified atom stereocenters. The highest BCUT2D eigenvalue weighted by Gasteiger charge is 2.35. The molecule has 5 heteroatoms. The summed E-state index contributed by atoms with van der Waals surface area (Å²) in [4.78, 5) is 20.9. The van der Waals surface area contributed by atoms with Gasteiger partial charge in [0, 0.05) is 36.9 Å². The lowest BCUT2D eigenvalue weighted by atomic mass is 9.92. The van der Waals surface area contributed by atoms with E-state index in [2.05, 4.69) is 39.5 Å². The van der Waals surface area contributed by atoms with Gasteiger partial charge in [0.25, 0.3) is 0 Å². The number of nitrogens with zero attached hydrogens (tertiary/aromatic N) is 2. The summed E-state index contributed by atoms with van der Waals surface area (Å²) in [5, 5.41) is 3.41. The average molecular weight is 339 g/mol. The Morgan fingerprint density at radius 1 is 1.25 bits per heavy atom. The number of piperazine rings is 1. The van der Waals surface area contributed by atoms with Crippen LogP contribution < -0.4 is 5.32 Å². The lowest BCUT2D eigenvalue weighted by Crippen LogP contribution is -2.50. The molecule has 0 radical (unpaired) electrons. The molecule has 0 bridgehead atoms. The number of fused-ring (bicyclic) bond motifs is 1. The minimum absolute atomic E-state index is 0.0141. The SMILES string of the molecule is O=C(C1CCSc2ccccc21)N1CCNCC1c1cccnc1. The second-order valence-corrected chi connectivity index (χ2v) is 7.40. The molecule has 1 aromatic heterocycles. The Bertz CT molecular complexity index is 722. The van der Waals surface area contributed by atoms with E-state index in [0.717, 1.165) is 37.4 Å². The van der Waals surface area contributed by atoms with Crippen LogP contribution in [-0.4, -0.2) is 41.2 Å². The summed E-state index contributed by atoms with van der Waals surface area (Å²) in [5.41, 5.74) is 2.30. The number of carbonyl (C=O) groups is 1. The summed E-state index contributed by atoms with van der Waals surface area (Å²) < 4.78 is 0. The topological polar surface area (TPSA) is 45.2 Å². The van der Waals surface area contributed by atoms with Crippen LogP contribution in [0.1, 0.15) is 29.5 Å². The van der Waals surface area contributed by atoms with Crippen LogP contribution in [0.3, 0.4) is 0 Å². The fraction of sp³-hybridized carbons (Fsp3) is 0.368. The van der Waals surface area contributed by atoms with Crippen molar-refractivity contribution in [3.63, 3.8) is 0 Å². The first-order valence-electron chi connectivity index (χ1n) is 8.47. The summed E-state index contributed by atoms with van der Waals surface area (Å²) >= 11 is 1.86. The monoisotopic (exact) mass is 339 g/mol. The van der Waals surface area contributed by atoms with Gasteiger partial charge >= 0.3 is 0 Å². The number of pyridine rings is 1. The normalized spacial score (nSPS) is 23.6. The molecule has 1 N–H and O–H groups in total. The summed E-state index contributed by atoms with van der Waals surface area (Å²) in [6.07, 6.45) is 4.58. The fourth-order valence-corrected chi connectivity index (χ4v) is 4.76. The number of carbonyl (C=O) groups excluding carboxylic acids is 1. The van der Waals surface area contributed by atoms with Gasteiger partial charge in [-0.15, -0.1) is 11.8 Å². The predicted octanol–water partition coefficient (Wildman–Crippen LogP) is 2.83. The first-order valence-corrected chi connectivity index (χ1v) is 9.46. The zero-order valence-electron chi connectivity index (χ0n) is 13.5. The Kier molecular flexibility index (Phi) is 4.54. The number of hydrogen-bond donors (Lipinski definition) is 1. The van der Waals surface area contributed by atoms with Crippen LogP contribution in [0.2, 0.25) is 0 Å². The highest BCUT2D eigenvalue weighted by Crippen LogP contribution is 2.39. The molecule has 2 aliphatic rings. The lowest BCUT2D eigenvalue weighted by molar-refractivity contribution is -0.136. The van der Waals surface area contributed by atoms with E-state index >= 15 is 0 Å². The van der Waals surface area contributed by atoms with Gasteiger partial charge < -0.3 is 10.2 Å². The van der Waals surface area contributed by atoms with Crippen LogP contribution in [-0.2, 0) is 4.79 Å². The van der Waals surface area contributed by atoms with Gasteiger partial charge in [-0.05, 0) is 35.4 Å². The van der Waals surface area contributed by atoms with Gasteiger partial charge in [0.05, 0.1) is 12.0 Å². The minimum atomic E-state index is -0.0141. The smallest absolute Gasteiger partial charge is 0.230 e. The van der Waals surface area contributed by atoms with Crippen molar-refractivity contribution in [1.82, 2.24) is 15.2 Å². The molecule has 3 heterocycles. The molecule has 4 rings (SSSR count). The molecule has 2 aliphatic heterocycles. The maximum Gasteiger partial charge on any atom is 0.230 e. The first-order chi connectivity index (χ1) is 11.8. The Balaban J connectivity index is 1.63. The van der Waals surface area contributed by atoms with Gasteiger partial charge in [0.1, 0.15) is 0 Å². The third-order valence-corrected chi connectivity index (χ3v) is 5.97. The number of rotatable bonds is 2. The number of benzene rings is 1. The van der Waals surface area contributed by atoms with Crippen LogP contribution >= 0.6 is 11.8 Å². The van der Waals surface area contributed by atoms with Crippen molar-refractivity contribution in [2.24, 2.45) is 0 Å². The molecule has 1 aromatic carbocycles. The van der Waals surface area contributed by atoms with Gasteiger partial charge in [0.15, 0.2) is 0 Å². The van der Waals surface area contributed by atoms with E-state index < -0.39 is 0 Å². The Hall–Kier alpha value is -1.85. The Morgan fingerprint density at radius 3 is 3.04 bits per heavy atom. The second kappa shape index (κ2) is 6.95. The van der Waals surface area contributed by atoms with E-state index in [0.29, 0.717) is 0 Å². The van der Waals surface area contributed by atoms with Crippen molar-refractivity contribution in [3.8, 4) is 0 Å². The number of aromatic nitrogens is 1. The summed E-state index contributed by atoms with van der Waals surface area (Å²) in [7, 11) is 0. The molecule has 2 aromatic rings. The quantitative estimate of drug-likeness (QED) is 0.914. The third-order valence-electron chi connectivity index (χ3n) is 4.85. The van der Waals surface area contributed by atoms with E-state index in [4.69, 9.17) is 0 Å². The van der Waals surface area contributed by atoms with Crippen LogP contribution in [0.15, 0.2) is 53.7 Å². The fourth-order valence-electron chi connectivity index (χ4n) is 3.64. The molecule has 24 heavy (non-hydrogen) atoms. The largest absolute Gasteiger partial charge is 0.333 e. The van der Waals surface area contributed by atoms with Crippen molar-refractivity contribution in [1.29, 1.82) is 0 Å². The van der Waals surface area contributed by atoms with Gasteiger partial charge in [-0.3, -0.25) is 9.78 Å². The van der Waals surface area contributed by atoms with Gasteiger partial charge in [-0.1, -0.05) is 24.3 Å². The summed E-state index contributed by atoms with van der Waals surface area (Å²) in [6.45, 7) is 2.40. The van der Waals surface area contributed by atoms with Crippen LogP contribution in [0, 0.1) is 0 Å². The molecule has 4 nitrogen and oxygen atoms in total. The van der Waals surface area contributed by atoms with Gasteiger partial charge in [-0.2, -0.15) is 0 Å². The van der Waals surface area contributed by atoms with Crippen molar-refractivity contribution >= 4 is 17.7 Å². The Morgan fingerprint density at radius 2 is 2.17 bits per heavy atom. The van der Waals surface area contributed by atoms with Crippen molar-refractivity contribution in [2.75, 3.05) is 25.4 Å². The van der Waals surface area contributed by atoms with E-state index in [1.54, 1.807) is 6.20 Å². The van der Waals surface area contributed by atoms with E-state index in [1.807, 2.05) is 30.1 Å². The standard InChI is InChI=1S/C19H21N3OS/c23-19(16-7-11-24-18-6-2-1-5-15(16)18)22-10-9-21-13-17(22)14-4-3-8-20-12-14/h1-6,8,12,16-17,21H,7,9-11,13H2. The first kappa shape index (κ1) is 15.7.